The maximum Gasteiger partial charge on any atom is 0.315 e. The van der Waals surface area contributed by atoms with Gasteiger partial charge in [0.15, 0.2) is 0 Å². The summed E-state index contributed by atoms with van der Waals surface area (Å²) in [5.41, 5.74) is 0.0429. The Morgan fingerprint density at radius 3 is 1.92 bits per heavy atom. The second-order valence-corrected chi connectivity index (χ2v) is 11.0. The summed E-state index contributed by atoms with van der Waals surface area (Å²) < 4.78 is 5.99. The molecule has 0 atom stereocenters. The van der Waals surface area contributed by atoms with Crippen molar-refractivity contribution in [2.24, 2.45) is 10.8 Å². The van der Waals surface area contributed by atoms with Crippen LogP contribution >= 0.6 is 0 Å². The molecule has 0 aliphatic heterocycles. The van der Waals surface area contributed by atoms with E-state index in [-0.39, 0.29) is 22.6 Å². The number of carbonyl (C=O) groups is 1. The van der Waals surface area contributed by atoms with E-state index < -0.39 is 0 Å². The molecule has 4 heteroatoms. The number of rotatable bonds is 11. The second kappa shape index (κ2) is 9.96. The predicted octanol–water partition coefficient (Wildman–Crippen LogP) is 5.90. The van der Waals surface area contributed by atoms with Gasteiger partial charge in [0.25, 0.3) is 0 Å². The van der Waals surface area contributed by atoms with Crippen molar-refractivity contribution in [3.63, 3.8) is 0 Å². The van der Waals surface area contributed by atoms with Gasteiger partial charge in [0.2, 0.25) is 0 Å². The van der Waals surface area contributed by atoms with E-state index in [2.05, 4.69) is 66.0 Å². The number of ether oxygens (including phenoxy) is 1. The molecule has 0 aliphatic carbocycles. The Bertz CT molecular complexity index is 420. The predicted molar refractivity (Wildman–Crippen MR) is 113 cm³/mol. The van der Waals surface area contributed by atoms with Gasteiger partial charge < -0.3 is 15.4 Å². The molecule has 4 nitrogen and oxygen atoms in total. The van der Waals surface area contributed by atoms with E-state index in [9.17, 15) is 4.79 Å². The van der Waals surface area contributed by atoms with Gasteiger partial charge in [-0.25, -0.2) is 4.79 Å². The largest absolute Gasteiger partial charge is 0.375 e. The zero-order valence-corrected chi connectivity index (χ0v) is 19.3. The number of nitrogens with one attached hydrogen (secondary N) is 2. The van der Waals surface area contributed by atoms with Crippen molar-refractivity contribution in [2.75, 3.05) is 13.2 Å². The van der Waals surface area contributed by atoms with Crippen LogP contribution in [0.4, 0.5) is 4.79 Å². The Balaban J connectivity index is 4.27. The van der Waals surface area contributed by atoms with Crippen LogP contribution in [0.15, 0.2) is 0 Å². The maximum atomic E-state index is 12.3. The van der Waals surface area contributed by atoms with Crippen LogP contribution in [0, 0.1) is 10.8 Å². The van der Waals surface area contributed by atoms with Crippen LogP contribution in [0.2, 0.25) is 0 Å². The molecule has 0 radical (unpaired) electrons. The Kier molecular flexibility index (Phi) is 9.67. The molecule has 0 aromatic heterocycles. The summed E-state index contributed by atoms with van der Waals surface area (Å²) >= 11 is 0. The van der Waals surface area contributed by atoms with Gasteiger partial charge in [-0.05, 0) is 64.2 Å². The van der Waals surface area contributed by atoms with E-state index in [1.165, 1.54) is 0 Å². The lowest BCUT2D eigenvalue weighted by atomic mass is 9.80. The topological polar surface area (TPSA) is 50.4 Å². The average molecular weight is 371 g/mol. The van der Waals surface area contributed by atoms with Gasteiger partial charge in [0, 0.05) is 18.7 Å². The lowest BCUT2D eigenvalue weighted by Crippen LogP contribution is -2.50. The van der Waals surface area contributed by atoms with Gasteiger partial charge >= 0.3 is 6.03 Å². The van der Waals surface area contributed by atoms with Gasteiger partial charge in [-0.15, -0.1) is 0 Å². The lowest BCUT2D eigenvalue weighted by Gasteiger charge is -2.32. The third-order valence-electron chi connectivity index (χ3n) is 4.80. The summed E-state index contributed by atoms with van der Waals surface area (Å²) in [5.74, 6) is 0. The SMILES string of the molecule is CCCC(C)(C)OCCC(C)(C)NC(=O)NCC(C)(C)CCC(C)(C)C. The van der Waals surface area contributed by atoms with Crippen molar-refractivity contribution in [1.82, 2.24) is 10.6 Å². The molecule has 2 amide bonds. The highest BCUT2D eigenvalue weighted by atomic mass is 16.5. The number of urea groups is 1. The summed E-state index contributed by atoms with van der Waals surface area (Å²) in [6, 6.07) is -0.0911. The van der Waals surface area contributed by atoms with Crippen LogP contribution in [0.25, 0.3) is 0 Å². The van der Waals surface area contributed by atoms with Crippen LogP contribution in [-0.4, -0.2) is 30.3 Å². The molecule has 0 rings (SSSR count). The molecule has 0 aromatic carbocycles. The Labute approximate surface area is 163 Å². The molecule has 0 saturated carbocycles. The van der Waals surface area contributed by atoms with Gasteiger partial charge in [0.1, 0.15) is 0 Å². The summed E-state index contributed by atoms with van der Waals surface area (Å²) in [4.78, 5) is 12.3. The minimum absolute atomic E-state index is 0.0911. The first kappa shape index (κ1) is 25.2. The molecule has 0 fully saturated rings. The van der Waals surface area contributed by atoms with Crippen LogP contribution in [0.3, 0.4) is 0 Å². The fourth-order valence-electron chi connectivity index (χ4n) is 2.79. The lowest BCUT2D eigenvalue weighted by molar-refractivity contribution is -0.0305. The smallest absolute Gasteiger partial charge is 0.315 e. The number of hydrogen-bond donors (Lipinski definition) is 2. The summed E-state index contributed by atoms with van der Waals surface area (Å²) in [6.45, 7) is 23.1. The standard InChI is InChI=1S/C22H46N2O2/c1-11-12-22(9,10)26-16-15-21(7,8)24-18(25)23-17-20(5,6)14-13-19(2,3)4/h11-17H2,1-10H3,(H2,23,24,25). The van der Waals surface area contributed by atoms with Crippen molar-refractivity contribution in [2.45, 2.75) is 112 Å². The first-order chi connectivity index (χ1) is 11.6. The molecule has 2 N–H and O–H groups in total. The van der Waals surface area contributed by atoms with Crippen molar-refractivity contribution in [1.29, 1.82) is 0 Å². The highest BCUT2D eigenvalue weighted by Crippen LogP contribution is 2.29. The third kappa shape index (κ3) is 13.4. The summed E-state index contributed by atoms with van der Waals surface area (Å²) in [6.07, 6.45) is 5.20. The van der Waals surface area contributed by atoms with Gasteiger partial charge in [-0.2, -0.15) is 0 Å². The van der Waals surface area contributed by atoms with E-state index in [4.69, 9.17) is 4.74 Å². The van der Waals surface area contributed by atoms with Crippen molar-refractivity contribution in [3.05, 3.63) is 0 Å². The maximum absolute atomic E-state index is 12.3. The third-order valence-corrected chi connectivity index (χ3v) is 4.80. The van der Waals surface area contributed by atoms with Crippen molar-refractivity contribution in [3.8, 4) is 0 Å². The summed E-state index contributed by atoms with van der Waals surface area (Å²) in [5, 5.41) is 6.14. The molecule has 0 bridgehead atoms. The molecule has 0 spiro atoms. The monoisotopic (exact) mass is 370 g/mol. The van der Waals surface area contributed by atoms with E-state index in [1.807, 2.05) is 13.8 Å². The van der Waals surface area contributed by atoms with E-state index >= 15 is 0 Å². The van der Waals surface area contributed by atoms with Crippen LogP contribution in [0.1, 0.15) is 101 Å². The molecule has 0 aromatic rings. The second-order valence-electron chi connectivity index (χ2n) is 11.0. The van der Waals surface area contributed by atoms with Crippen LogP contribution < -0.4 is 10.6 Å². The van der Waals surface area contributed by atoms with E-state index in [0.717, 1.165) is 32.1 Å². The minimum Gasteiger partial charge on any atom is -0.375 e. The fourth-order valence-corrected chi connectivity index (χ4v) is 2.79. The Morgan fingerprint density at radius 1 is 0.846 bits per heavy atom. The molecule has 0 saturated heterocycles. The first-order valence-electron chi connectivity index (χ1n) is 10.3. The van der Waals surface area contributed by atoms with Crippen LogP contribution in [-0.2, 0) is 4.74 Å². The molecule has 0 aliphatic rings. The Hall–Kier alpha value is -0.770. The average Bonchev–Trinajstić information content (AvgIpc) is 2.41. The zero-order valence-electron chi connectivity index (χ0n) is 19.3. The number of amides is 2. The number of carbonyl (C=O) groups excluding carboxylic acids is 1. The van der Waals surface area contributed by atoms with Crippen molar-refractivity contribution < 1.29 is 9.53 Å². The molecule has 0 heterocycles. The fraction of sp³-hybridized carbons (Fsp3) is 0.955. The summed E-state index contributed by atoms with van der Waals surface area (Å²) in [7, 11) is 0. The first-order valence-corrected chi connectivity index (χ1v) is 10.3. The van der Waals surface area contributed by atoms with E-state index in [1.54, 1.807) is 0 Å². The van der Waals surface area contributed by atoms with Gasteiger partial charge in [-0.3, -0.25) is 0 Å². The molecular weight excluding hydrogens is 324 g/mol. The highest BCUT2D eigenvalue weighted by Gasteiger charge is 2.25. The van der Waals surface area contributed by atoms with Crippen molar-refractivity contribution >= 4 is 6.03 Å². The molecular formula is C22H46N2O2. The van der Waals surface area contributed by atoms with E-state index in [0.29, 0.717) is 18.6 Å². The molecule has 26 heavy (non-hydrogen) atoms. The van der Waals surface area contributed by atoms with Gasteiger partial charge in [0.05, 0.1) is 5.60 Å². The highest BCUT2D eigenvalue weighted by molar-refractivity contribution is 5.74. The normalized spacial score (nSPS) is 13.6. The van der Waals surface area contributed by atoms with Gasteiger partial charge in [-0.1, -0.05) is 48.0 Å². The molecule has 0 unspecified atom stereocenters. The van der Waals surface area contributed by atoms with Crippen LogP contribution in [0.5, 0.6) is 0 Å². The zero-order chi connectivity index (χ0) is 20.6. The Morgan fingerprint density at radius 2 is 1.42 bits per heavy atom. The number of hydrogen-bond acceptors (Lipinski definition) is 2. The quantitative estimate of drug-likeness (QED) is 0.475. The molecule has 156 valence electrons. The minimum atomic E-state index is -0.290.